The van der Waals surface area contributed by atoms with Crippen molar-refractivity contribution in [2.75, 3.05) is 7.11 Å². The molecule has 0 saturated carbocycles. The number of hydrogen-bond acceptors (Lipinski definition) is 3. The van der Waals surface area contributed by atoms with Gasteiger partial charge in [-0.05, 0) is 24.1 Å². The number of nitrogens with one attached hydrogen (secondary N) is 1. The van der Waals surface area contributed by atoms with Crippen LogP contribution < -0.4 is 10.1 Å². The summed E-state index contributed by atoms with van der Waals surface area (Å²) in [5.74, 6) is -0.835. The molecule has 0 radical (unpaired) electrons. The fourth-order valence-corrected chi connectivity index (χ4v) is 1.93. The third-order valence-electron chi connectivity index (χ3n) is 3.13. The summed E-state index contributed by atoms with van der Waals surface area (Å²) in [6, 6.07) is 6.77. The predicted octanol–water partition coefficient (Wildman–Crippen LogP) is 2.62. The van der Waals surface area contributed by atoms with Gasteiger partial charge in [0.1, 0.15) is 17.4 Å². The number of carbonyl (C=O) groups excluding carboxylic acids is 1. The molecule has 6 heteroatoms. The highest BCUT2D eigenvalue weighted by Gasteiger charge is 2.07. The van der Waals surface area contributed by atoms with Gasteiger partial charge in [-0.1, -0.05) is 6.07 Å². The molecule has 1 N–H and O–H groups in total. The lowest BCUT2D eigenvalue weighted by Gasteiger charge is -2.07. The third-order valence-corrected chi connectivity index (χ3v) is 3.13. The van der Waals surface area contributed by atoms with Crippen LogP contribution in [-0.2, 0) is 17.8 Å². The number of pyridine rings is 1. The molecule has 0 bridgehead atoms. The van der Waals surface area contributed by atoms with Crippen LogP contribution in [0, 0.1) is 11.6 Å². The number of benzene rings is 1. The number of carbonyl (C=O) groups is 1. The second kappa shape index (κ2) is 7.49. The standard InChI is InChI=1S/C16H16F2N2O2/c1-22-14-6-7-19-13(9-14)10-20-16(21)5-3-11-2-4-12(17)8-15(11)18/h2,4,6-9H,3,5,10H2,1H3,(H,20,21). The first-order valence-electron chi connectivity index (χ1n) is 6.78. The Hall–Kier alpha value is -2.50. The average Bonchev–Trinajstić information content (AvgIpc) is 2.52. The molecule has 0 aliphatic rings. The molecule has 0 atom stereocenters. The van der Waals surface area contributed by atoms with E-state index in [-0.39, 0.29) is 25.3 Å². The van der Waals surface area contributed by atoms with Gasteiger partial charge in [-0.3, -0.25) is 9.78 Å². The molecule has 116 valence electrons. The predicted molar refractivity (Wildman–Crippen MR) is 77.3 cm³/mol. The molecule has 0 unspecified atom stereocenters. The monoisotopic (exact) mass is 306 g/mol. The maximum Gasteiger partial charge on any atom is 0.220 e. The number of halogens is 2. The first-order chi connectivity index (χ1) is 10.6. The number of aryl methyl sites for hydroxylation is 1. The lowest BCUT2D eigenvalue weighted by atomic mass is 10.1. The first-order valence-corrected chi connectivity index (χ1v) is 6.78. The lowest BCUT2D eigenvalue weighted by Crippen LogP contribution is -2.23. The normalized spacial score (nSPS) is 10.3. The fraction of sp³-hybridized carbons (Fsp3) is 0.250. The van der Waals surface area contributed by atoms with Crippen LogP contribution in [-0.4, -0.2) is 18.0 Å². The summed E-state index contributed by atoms with van der Waals surface area (Å²) < 4.78 is 31.3. The van der Waals surface area contributed by atoms with Crippen molar-refractivity contribution in [2.24, 2.45) is 0 Å². The molecule has 1 aromatic heterocycles. The number of methoxy groups -OCH3 is 1. The van der Waals surface area contributed by atoms with E-state index in [0.29, 0.717) is 17.0 Å². The van der Waals surface area contributed by atoms with E-state index in [2.05, 4.69) is 10.3 Å². The van der Waals surface area contributed by atoms with Crippen molar-refractivity contribution >= 4 is 5.91 Å². The van der Waals surface area contributed by atoms with Crippen LogP contribution >= 0.6 is 0 Å². The first kappa shape index (κ1) is 15.9. The van der Waals surface area contributed by atoms with Crippen molar-refractivity contribution in [3.8, 4) is 5.75 Å². The van der Waals surface area contributed by atoms with E-state index in [0.717, 1.165) is 6.07 Å². The van der Waals surface area contributed by atoms with Crippen LogP contribution in [0.3, 0.4) is 0 Å². The summed E-state index contributed by atoms with van der Waals surface area (Å²) in [5.41, 5.74) is 0.983. The van der Waals surface area contributed by atoms with Crippen LogP contribution in [0.4, 0.5) is 8.78 Å². The molecule has 22 heavy (non-hydrogen) atoms. The van der Waals surface area contributed by atoms with E-state index in [4.69, 9.17) is 4.74 Å². The van der Waals surface area contributed by atoms with Crippen LogP contribution in [0.5, 0.6) is 5.75 Å². The topological polar surface area (TPSA) is 51.2 Å². The van der Waals surface area contributed by atoms with Gasteiger partial charge in [0, 0.05) is 24.8 Å². The van der Waals surface area contributed by atoms with Gasteiger partial charge < -0.3 is 10.1 Å². The second-order valence-electron chi connectivity index (χ2n) is 4.70. The molecule has 0 fully saturated rings. The number of aromatic nitrogens is 1. The quantitative estimate of drug-likeness (QED) is 0.892. The Morgan fingerprint density at radius 3 is 2.82 bits per heavy atom. The van der Waals surface area contributed by atoms with Crippen molar-refractivity contribution in [3.63, 3.8) is 0 Å². The van der Waals surface area contributed by atoms with Gasteiger partial charge in [0.05, 0.1) is 19.3 Å². The van der Waals surface area contributed by atoms with Gasteiger partial charge >= 0.3 is 0 Å². The minimum atomic E-state index is -0.637. The largest absolute Gasteiger partial charge is 0.497 e. The summed E-state index contributed by atoms with van der Waals surface area (Å²) >= 11 is 0. The minimum Gasteiger partial charge on any atom is -0.497 e. The fourth-order valence-electron chi connectivity index (χ4n) is 1.93. The molecular weight excluding hydrogens is 290 g/mol. The summed E-state index contributed by atoms with van der Waals surface area (Å²) in [6.07, 6.45) is 1.92. The van der Waals surface area contributed by atoms with E-state index >= 15 is 0 Å². The molecular formula is C16H16F2N2O2. The van der Waals surface area contributed by atoms with Gasteiger partial charge in [0.15, 0.2) is 0 Å². The molecule has 0 saturated heterocycles. The van der Waals surface area contributed by atoms with E-state index in [1.165, 1.54) is 12.1 Å². The maximum absolute atomic E-state index is 13.4. The molecule has 4 nitrogen and oxygen atoms in total. The Kier molecular flexibility index (Phi) is 5.41. The third kappa shape index (κ3) is 4.51. The van der Waals surface area contributed by atoms with Gasteiger partial charge in [-0.2, -0.15) is 0 Å². The summed E-state index contributed by atoms with van der Waals surface area (Å²) in [7, 11) is 1.55. The molecule has 1 aromatic carbocycles. The number of ether oxygens (including phenoxy) is 1. The van der Waals surface area contributed by atoms with Crippen LogP contribution in [0.1, 0.15) is 17.7 Å². The number of hydrogen-bond donors (Lipinski definition) is 1. The summed E-state index contributed by atoms with van der Waals surface area (Å²) in [5, 5.41) is 2.70. The number of rotatable bonds is 6. The van der Waals surface area contributed by atoms with Crippen molar-refractivity contribution in [1.29, 1.82) is 0 Å². The maximum atomic E-state index is 13.4. The Morgan fingerprint density at radius 2 is 2.09 bits per heavy atom. The molecule has 1 amide bonds. The van der Waals surface area contributed by atoms with Crippen molar-refractivity contribution in [2.45, 2.75) is 19.4 Å². The highest BCUT2D eigenvalue weighted by molar-refractivity contribution is 5.76. The Morgan fingerprint density at radius 1 is 1.27 bits per heavy atom. The summed E-state index contributed by atoms with van der Waals surface area (Å²) in [4.78, 5) is 15.9. The Balaban J connectivity index is 1.82. The van der Waals surface area contributed by atoms with E-state index in [9.17, 15) is 13.6 Å². The molecule has 0 spiro atoms. The van der Waals surface area contributed by atoms with E-state index in [1.807, 2.05) is 0 Å². The SMILES string of the molecule is COc1ccnc(CNC(=O)CCc2ccc(F)cc2F)c1. The van der Waals surface area contributed by atoms with Crippen LogP contribution in [0.2, 0.25) is 0 Å². The van der Waals surface area contributed by atoms with Crippen molar-refractivity contribution in [1.82, 2.24) is 10.3 Å². The zero-order chi connectivity index (χ0) is 15.9. The van der Waals surface area contributed by atoms with Gasteiger partial charge in [0.2, 0.25) is 5.91 Å². The molecule has 2 aromatic rings. The van der Waals surface area contributed by atoms with Gasteiger partial charge in [0.25, 0.3) is 0 Å². The molecule has 0 aliphatic carbocycles. The van der Waals surface area contributed by atoms with Crippen molar-refractivity contribution < 1.29 is 18.3 Å². The van der Waals surface area contributed by atoms with Gasteiger partial charge in [-0.15, -0.1) is 0 Å². The molecule has 1 heterocycles. The van der Waals surface area contributed by atoms with Gasteiger partial charge in [-0.25, -0.2) is 8.78 Å². The molecule has 0 aliphatic heterocycles. The smallest absolute Gasteiger partial charge is 0.220 e. The number of nitrogens with zero attached hydrogens (tertiary/aromatic N) is 1. The highest BCUT2D eigenvalue weighted by Crippen LogP contribution is 2.12. The summed E-state index contributed by atoms with van der Waals surface area (Å²) in [6.45, 7) is 0.266. The zero-order valence-corrected chi connectivity index (χ0v) is 12.1. The lowest BCUT2D eigenvalue weighted by molar-refractivity contribution is -0.121. The highest BCUT2D eigenvalue weighted by atomic mass is 19.1. The number of amides is 1. The Bertz CT molecular complexity index is 662. The van der Waals surface area contributed by atoms with E-state index in [1.54, 1.807) is 25.4 Å². The minimum absolute atomic E-state index is 0.118. The van der Waals surface area contributed by atoms with Crippen molar-refractivity contribution in [3.05, 3.63) is 59.4 Å². The van der Waals surface area contributed by atoms with Crippen LogP contribution in [0.15, 0.2) is 36.5 Å². The zero-order valence-electron chi connectivity index (χ0n) is 12.1. The second-order valence-corrected chi connectivity index (χ2v) is 4.70. The van der Waals surface area contributed by atoms with E-state index < -0.39 is 11.6 Å². The molecule has 2 rings (SSSR count). The van der Waals surface area contributed by atoms with Crippen LogP contribution in [0.25, 0.3) is 0 Å². The average molecular weight is 306 g/mol. The Labute approximate surface area is 127 Å².